The molecule has 7 nitrogen and oxygen atoms in total. The van der Waals surface area contributed by atoms with Crippen LogP contribution < -0.4 is 19.5 Å². The van der Waals surface area contributed by atoms with Gasteiger partial charge in [-0.2, -0.15) is 0 Å². The largest absolute Gasteiger partial charge is 0.494 e. The molecule has 3 aromatic carbocycles. The summed E-state index contributed by atoms with van der Waals surface area (Å²) in [6.07, 6.45) is -0.000903. The fraction of sp³-hybridized carbons (Fsp3) is 0.208. The van der Waals surface area contributed by atoms with E-state index in [1.165, 1.54) is 12.1 Å². The zero-order chi connectivity index (χ0) is 23.1. The van der Waals surface area contributed by atoms with E-state index >= 15 is 0 Å². The van der Waals surface area contributed by atoms with Gasteiger partial charge in [-0.05, 0) is 87.5 Å². The number of hydrogen-bond donors (Lipinski definition) is 2. The highest BCUT2D eigenvalue weighted by atomic mass is 32.2. The molecular formula is C24H26N2O5S. The third-order valence-corrected chi connectivity index (χ3v) is 5.71. The van der Waals surface area contributed by atoms with Gasteiger partial charge in [0.1, 0.15) is 11.5 Å². The number of carbonyl (C=O) groups excluding carboxylic acids is 1. The molecule has 0 saturated heterocycles. The number of carbonyl (C=O) groups is 1. The Labute approximate surface area is 188 Å². The summed E-state index contributed by atoms with van der Waals surface area (Å²) in [5, 5.41) is 2.76. The van der Waals surface area contributed by atoms with Crippen molar-refractivity contribution in [3.63, 3.8) is 0 Å². The molecule has 0 atom stereocenters. The Hall–Kier alpha value is -3.52. The minimum absolute atomic E-state index is 0.000903. The summed E-state index contributed by atoms with van der Waals surface area (Å²) in [5.41, 5.74) is 1.34. The van der Waals surface area contributed by atoms with Crippen LogP contribution >= 0.6 is 0 Å². The summed E-state index contributed by atoms with van der Waals surface area (Å²) in [6, 6.07) is 19.5. The van der Waals surface area contributed by atoms with Gasteiger partial charge < -0.3 is 14.8 Å². The van der Waals surface area contributed by atoms with Gasteiger partial charge in [-0.15, -0.1) is 0 Å². The van der Waals surface area contributed by atoms with Crippen LogP contribution in [0.3, 0.4) is 0 Å². The predicted molar refractivity (Wildman–Crippen MR) is 125 cm³/mol. The Morgan fingerprint density at radius 1 is 0.906 bits per heavy atom. The van der Waals surface area contributed by atoms with Gasteiger partial charge in [0.25, 0.3) is 15.9 Å². The van der Waals surface area contributed by atoms with Gasteiger partial charge in [0.05, 0.1) is 17.6 Å². The first kappa shape index (κ1) is 23.1. The number of ether oxygens (including phenoxy) is 2. The first-order valence-corrected chi connectivity index (χ1v) is 11.7. The van der Waals surface area contributed by atoms with Gasteiger partial charge in [0, 0.05) is 16.9 Å². The van der Waals surface area contributed by atoms with Gasteiger partial charge in [-0.25, -0.2) is 8.42 Å². The monoisotopic (exact) mass is 454 g/mol. The maximum atomic E-state index is 12.6. The van der Waals surface area contributed by atoms with E-state index in [2.05, 4.69) is 10.0 Å². The molecule has 168 valence electrons. The Bertz CT molecular complexity index is 1160. The van der Waals surface area contributed by atoms with Crippen LogP contribution in [0.25, 0.3) is 0 Å². The first-order chi connectivity index (χ1) is 15.3. The van der Waals surface area contributed by atoms with E-state index in [4.69, 9.17) is 9.47 Å². The van der Waals surface area contributed by atoms with Crippen molar-refractivity contribution in [3.8, 4) is 11.5 Å². The van der Waals surface area contributed by atoms with Crippen molar-refractivity contribution in [2.45, 2.75) is 31.8 Å². The number of benzene rings is 3. The molecule has 1 amide bonds. The Morgan fingerprint density at radius 2 is 1.56 bits per heavy atom. The molecule has 0 bridgehead atoms. The normalized spacial score (nSPS) is 11.1. The van der Waals surface area contributed by atoms with E-state index < -0.39 is 10.0 Å². The van der Waals surface area contributed by atoms with Crippen molar-refractivity contribution in [1.82, 2.24) is 0 Å². The van der Waals surface area contributed by atoms with Crippen LogP contribution in [-0.2, 0) is 10.0 Å². The summed E-state index contributed by atoms with van der Waals surface area (Å²) >= 11 is 0. The SMILES string of the molecule is CCOc1ccc(NS(=O)(=O)c2ccc(NC(=O)c3cccc(OC(C)C)c3)cc2)cc1. The molecular weight excluding hydrogens is 428 g/mol. The van der Waals surface area contributed by atoms with Gasteiger partial charge in [-0.1, -0.05) is 6.07 Å². The van der Waals surface area contributed by atoms with Crippen LogP contribution in [0, 0.1) is 0 Å². The molecule has 0 radical (unpaired) electrons. The van der Waals surface area contributed by atoms with Crippen molar-refractivity contribution >= 4 is 27.3 Å². The summed E-state index contributed by atoms with van der Waals surface area (Å²) in [5.74, 6) is 0.952. The topological polar surface area (TPSA) is 93.7 Å². The molecule has 0 heterocycles. The molecule has 3 aromatic rings. The average Bonchev–Trinajstić information content (AvgIpc) is 2.75. The Morgan fingerprint density at radius 3 is 2.19 bits per heavy atom. The van der Waals surface area contributed by atoms with Gasteiger partial charge in [0.2, 0.25) is 0 Å². The van der Waals surface area contributed by atoms with Crippen molar-refractivity contribution in [2.24, 2.45) is 0 Å². The number of sulfonamides is 1. The zero-order valence-electron chi connectivity index (χ0n) is 18.2. The number of amides is 1. The van der Waals surface area contributed by atoms with Crippen LogP contribution in [-0.4, -0.2) is 27.0 Å². The zero-order valence-corrected chi connectivity index (χ0v) is 19.0. The van der Waals surface area contributed by atoms with E-state index in [9.17, 15) is 13.2 Å². The van der Waals surface area contributed by atoms with E-state index in [0.717, 1.165) is 0 Å². The minimum Gasteiger partial charge on any atom is -0.494 e. The molecule has 0 unspecified atom stereocenters. The molecule has 2 N–H and O–H groups in total. The van der Waals surface area contributed by atoms with E-state index in [0.29, 0.717) is 35.0 Å². The molecule has 0 aliphatic carbocycles. The van der Waals surface area contributed by atoms with Gasteiger partial charge in [-0.3, -0.25) is 9.52 Å². The lowest BCUT2D eigenvalue weighted by atomic mass is 10.2. The van der Waals surface area contributed by atoms with E-state index in [1.807, 2.05) is 20.8 Å². The summed E-state index contributed by atoms with van der Waals surface area (Å²) in [6.45, 7) is 6.23. The first-order valence-electron chi connectivity index (χ1n) is 10.2. The summed E-state index contributed by atoms with van der Waals surface area (Å²) < 4.78 is 38.8. The van der Waals surface area contributed by atoms with Crippen molar-refractivity contribution in [2.75, 3.05) is 16.6 Å². The number of anilines is 2. The lowest BCUT2D eigenvalue weighted by Crippen LogP contribution is -2.14. The molecule has 0 aliphatic rings. The van der Waals surface area contributed by atoms with Crippen molar-refractivity contribution < 1.29 is 22.7 Å². The van der Waals surface area contributed by atoms with Crippen LogP contribution in [0.5, 0.6) is 11.5 Å². The summed E-state index contributed by atoms with van der Waals surface area (Å²) in [4.78, 5) is 12.6. The second kappa shape index (κ2) is 10.2. The fourth-order valence-electron chi connectivity index (χ4n) is 2.90. The predicted octanol–water partition coefficient (Wildman–Crippen LogP) is 4.93. The van der Waals surface area contributed by atoms with Crippen LogP contribution in [0.15, 0.2) is 77.7 Å². The maximum Gasteiger partial charge on any atom is 0.261 e. The molecule has 0 saturated carbocycles. The van der Waals surface area contributed by atoms with Gasteiger partial charge in [0.15, 0.2) is 0 Å². The van der Waals surface area contributed by atoms with Gasteiger partial charge >= 0.3 is 0 Å². The lowest BCUT2D eigenvalue weighted by Gasteiger charge is -2.12. The van der Waals surface area contributed by atoms with Crippen molar-refractivity contribution in [1.29, 1.82) is 0 Å². The Kier molecular flexibility index (Phi) is 7.37. The number of hydrogen-bond acceptors (Lipinski definition) is 5. The number of nitrogens with one attached hydrogen (secondary N) is 2. The highest BCUT2D eigenvalue weighted by Gasteiger charge is 2.15. The molecule has 0 spiro atoms. The molecule has 0 aromatic heterocycles. The second-order valence-corrected chi connectivity index (χ2v) is 8.92. The lowest BCUT2D eigenvalue weighted by molar-refractivity contribution is 0.102. The molecule has 0 fully saturated rings. The highest BCUT2D eigenvalue weighted by molar-refractivity contribution is 7.92. The Balaban J connectivity index is 1.67. The molecule has 8 heteroatoms. The van der Waals surface area contributed by atoms with Crippen LogP contribution in [0.4, 0.5) is 11.4 Å². The third kappa shape index (κ3) is 6.24. The van der Waals surface area contributed by atoms with E-state index in [1.54, 1.807) is 60.7 Å². The van der Waals surface area contributed by atoms with Crippen LogP contribution in [0.2, 0.25) is 0 Å². The average molecular weight is 455 g/mol. The van der Waals surface area contributed by atoms with Crippen LogP contribution in [0.1, 0.15) is 31.1 Å². The molecule has 3 rings (SSSR count). The minimum atomic E-state index is -3.77. The van der Waals surface area contributed by atoms with E-state index in [-0.39, 0.29) is 16.9 Å². The van der Waals surface area contributed by atoms with Crippen molar-refractivity contribution in [3.05, 3.63) is 78.4 Å². The quantitative estimate of drug-likeness (QED) is 0.478. The maximum absolute atomic E-state index is 12.6. The number of rotatable bonds is 9. The molecule has 0 aliphatic heterocycles. The summed E-state index contributed by atoms with van der Waals surface area (Å²) in [7, 11) is -3.77. The second-order valence-electron chi connectivity index (χ2n) is 7.24. The molecule has 32 heavy (non-hydrogen) atoms. The standard InChI is InChI=1S/C24H26N2O5S/c1-4-30-21-12-8-20(9-13-21)26-32(28,29)23-14-10-19(11-15-23)25-24(27)18-6-5-7-22(16-18)31-17(2)3/h5-17,26H,4H2,1-3H3,(H,25,27). The highest BCUT2D eigenvalue weighted by Crippen LogP contribution is 2.21. The third-order valence-electron chi connectivity index (χ3n) is 4.31. The fourth-order valence-corrected chi connectivity index (χ4v) is 3.96. The smallest absolute Gasteiger partial charge is 0.261 e.